The van der Waals surface area contributed by atoms with Gasteiger partial charge in [-0.1, -0.05) is 27.7 Å². The molecule has 148 valence electrons. The summed E-state index contributed by atoms with van der Waals surface area (Å²) in [5.41, 5.74) is 0. The molecule has 2 N–H and O–H groups in total. The first-order valence-electron chi connectivity index (χ1n) is 8.65. The standard InChI is InChI=1S/C18H29FN2O4S/c1-12(2)10-15(11-22)20-18(23)17(13(3)4)21(5)26(24,25)16-8-6-14(19)7-9-16/h6-9,12-13,15,17,22H,10-11H2,1-5H3,(H,20,23)/t15-,17-/m0/s1. The third kappa shape index (κ3) is 5.75. The van der Waals surface area contributed by atoms with Crippen molar-refractivity contribution >= 4 is 15.9 Å². The van der Waals surface area contributed by atoms with E-state index < -0.39 is 33.8 Å². The van der Waals surface area contributed by atoms with E-state index in [2.05, 4.69) is 5.32 Å². The van der Waals surface area contributed by atoms with E-state index in [1.54, 1.807) is 13.8 Å². The lowest BCUT2D eigenvalue weighted by atomic mass is 10.0. The Kier molecular flexibility index (Phi) is 8.17. The molecule has 1 rings (SSSR count). The van der Waals surface area contributed by atoms with Gasteiger partial charge >= 0.3 is 0 Å². The zero-order chi connectivity index (χ0) is 20.1. The third-order valence-corrected chi connectivity index (χ3v) is 5.96. The van der Waals surface area contributed by atoms with E-state index in [1.165, 1.54) is 19.2 Å². The summed E-state index contributed by atoms with van der Waals surface area (Å²) in [7, 11) is -2.63. The van der Waals surface area contributed by atoms with Crippen LogP contribution in [0.4, 0.5) is 4.39 Å². The number of amides is 1. The Morgan fingerprint density at radius 2 is 1.73 bits per heavy atom. The highest BCUT2D eigenvalue weighted by atomic mass is 32.2. The fraction of sp³-hybridized carbons (Fsp3) is 0.611. The number of sulfonamides is 1. The summed E-state index contributed by atoms with van der Waals surface area (Å²) in [6.45, 7) is 7.22. The monoisotopic (exact) mass is 388 g/mol. The van der Waals surface area contributed by atoms with Crippen LogP contribution in [0.3, 0.4) is 0 Å². The van der Waals surface area contributed by atoms with Crippen molar-refractivity contribution in [3.63, 3.8) is 0 Å². The first-order valence-corrected chi connectivity index (χ1v) is 10.1. The molecule has 0 unspecified atom stereocenters. The predicted molar refractivity (Wildman–Crippen MR) is 98.4 cm³/mol. The molecule has 26 heavy (non-hydrogen) atoms. The highest BCUT2D eigenvalue weighted by Gasteiger charge is 2.35. The summed E-state index contributed by atoms with van der Waals surface area (Å²) in [6, 6.07) is 3.08. The Labute approximate surface area is 155 Å². The van der Waals surface area contributed by atoms with Gasteiger partial charge in [0.1, 0.15) is 11.9 Å². The van der Waals surface area contributed by atoms with Crippen molar-refractivity contribution in [2.75, 3.05) is 13.7 Å². The fourth-order valence-electron chi connectivity index (χ4n) is 2.84. The van der Waals surface area contributed by atoms with E-state index in [9.17, 15) is 22.7 Å². The minimum atomic E-state index is -3.97. The number of likely N-dealkylation sites (N-methyl/N-ethyl adjacent to an activating group) is 1. The Hall–Kier alpha value is -1.51. The van der Waals surface area contributed by atoms with E-state index in [0.717, 1.165) is 16.4 Å². The van der Waals surface area contributed by atoms with Crippen molar-refractivity contribution < 1.29 is 22.7 Å². The van der Waals surface area contributed by atoms with Crippen LogP contribution in [-0.4, -0.2) is 49.5 Å². The molecule has 8 heteroatoms. The van der Waals surface area contributed by atoms with Crippen molar-refractivity contribution in [2.45, 2.75) is 51.1 Å². The van der Waals surface area contributed by atoms with Gasteiger partial charge in [0.2, 0.25) is 15.9 Å². The summed E-state index contributed by atoms with van der Waals surface area (Å²) < 4.78 is 39.7. The predicted octanol–water partition coefficient (Wildman–Crippen LogP) is 1.99. The fourth-order valence-corrected chi connectivity index (χ4v) is 4.30. The van der Waals surface area contributed by atoms with Crippen molar-refractivity contribution in [3.05, 3.63) is 30.1 Å². The van der Waals surface area contributed by atoms with Crippen LogP contribution < -0.4 is 5.32 Å². The molecule has 0 radical (unpaired) electrons. The van der Waals surface area contributed by atoms with Crippen molar-refractivity contribution in [1.29, 1.82) is 0 Å². The van der Waals surface area contributed by atoms with E-state index in [1.807, 2.05) is 13.8 Å². The summed E-state index contributed by atoms with van der Waals surface area (Å²) in [6.07, 6.45) is 0.585. The van der Waals surface area contributed by atoms with Crippen LogP contribution in [0.25, 0.3) is 0 Å². The van der Waals surface area contributed by atoms with Crippen LogP contribution in [-0.2, 0) is 14.8 Å². The molecule has 6 nitrogen and oxygen atoms in total. The molecule has 0 heterocycles. The SMILES string of the molecule is CC(C)C[C@@H](CO)NC(=O)[C@H](C(C)C)N(C)S(=O)(=O)c1ccc(F)cc1. The molecule has 0 aromatic heterocycles. The number of halogens is 1. The zero-order valence-corrected chi connectivity index (χ0v) is 16.8. The first-order chi connectivity index (χ1) is 12.0. The largest absolute Gasteiger partial charge is 0.394 e. The van der Waals surface area contributed by atoms with Crippen molar-refractivity contribution in [2.24, 2.45) is 11.8 Å². The summed E-state index contributed by atoms with van der Waals surface area (Å²) in [5.74, 6) is -1.03. The Balaban J connectivity index is 3.07. The summed E-state index contributed by atoms with van der Waals surface area (Å²) in [5, 5.41) is 12.2. The number of nitrogens with one attached hydrogen (secondary N) is 1. The molecule has 2 atom stereocenters. The Morgan fingerprint density at radius 1 is 1.19 bits per heavy atom. The quantitative estimate of drug-likeness (QED) is 0.677. The zero-order valence-electron chi connectivity index (χ0n) is 15.9. The van der Waals surface area contributed by atoms with Gasteiger partial charge in [-0.2, -0.15) is 4.31 Å². The smallest absolute Gasteiger partial charge is 0.243 e. The molecule has 0 aliphatic heterocycles. The van der Waals surface area contributed by atoms with Crippen LogP contribution in [0, 0.1) is 17.7 Å². The molecule has 1 aromatic rings. The average molecular weight is 389 g/mol. The number of carbonyl (C=O) groups is 1. The van der Waals surface area contributed by atoms with Gasteiger partial charge in [0, 0.05) is 7.05 Å². The maximum absolute atomic E-state index is 13.1. The topological polar surface area (TPSA) is 86.7 Å². The van der Waals surface area contributed by atoms with Gasteiger partial charge in [0.15, 0.2) is 0 Å². The molecule has 1 aromatic carbocycles. The second-order valence-electron chi connectivity index (χ2n) is 7.18. The summed E-state index contributed by atoms with van der Waals surface area (Å²) in [4.78, 5) is 12.6. The van der Waals surface area contributed by atoms with E-state index in [-0.39, 0.29) is 23.3 Å². The van der Waals surface area contributed by atoms with Gasteiger partial charge in [-0.25, -0.2) is 12.8 Å². The molecule has 0 fully saturated rings. The molecule has 0 saturated heterocycles. The second-order valence-corrected chi connectivity index (χ2v) is 9.18. The van der Waals surface area contributed by atoms with Crippen LogP contribution >= 0.6 is 0 Å². The highest BCUT2D eigenvalue weighted by molar-refractivity contribution is 7.89. The van der Waals surface area contributed by atoms with Gasteiger partial charge in [-0.05, 0) is 42.5 Å². The molecule has 0 bridgehead atoms. The minimum Gasteiger partial charge on any atom is -0.394 e. The Morgan fingerprint density at radius 3 is 2.15 bits per heavy atom. The maximum atomic E-state index is 13.1. The molecule has 1 amide bonds. The van der Waals surface area contributed by atoms with E-state index in [0.29, 0.717) is 6.42 Å². The number of aliphatic hydroxyl groups is 1. The lowest BCUT2D eigenvalue weighted by molar-refractivity contribution is -0.127. The number of rotatable bonds is 9. The van der Waals surface area contributed by atoms with E-state index >= 15 is 0 Å². The lowest BCUT2D eigenvalue weighted by Crippen LogP contribution is -2.53. The number of hydrogen-bond acceptors (Lipinski definition) is 4. The molecule has 0 saturated carbocycles. The van der Waals surface area contributed by atoms with Gasteiger partial charge in [-0.3, -0.25) is 4.79 Å². The van der Waals surface area contributed by atoms with Crippen LogP contribution in [0.15, 0.2) is 29.2 Å². The van der Waals surface area contributed by atoms with Crippen LogP contribution in [0.1, 0.15) is 34.1 Å². The summed E-state index contributed by atoms with van der Waals surface area (Å²) >= 11 is 0. The minimum absolute atomic E-state index is 0.0826. The number of nitrogens with zero attached hydrogens (tertiary/aromatic N) is 1. The van der Waals surface area contributed by atoms with Gasteiger partial charge < -0.3 is 10.4 Å². The first kappa shape index (κ1) is 22.5. The molecular weight excluding hydrogens is 359 g/mol. The number of benzene rings is 1. The second kappa shape index (κ2) is 9.43. The third-order valence-electron chi connectivity index (χ3n) is 4.11. The molecule has 0 aliphatic carbocycles. The number of aliphatic hydroxyl groups excluding tert-OH is 1. The Bertz CT molecular complexity index is 690. The number of carbonyl (C=O) groups excluding carboxylic acids is 1. The van der Waals surface area contributed by atoms with Crippen LogP contribution in [0.5, 0.6) is 0 Å². The van der Waals surface area contributed by atoms with E-state index in [4.69, 9.17) is 0 Å². The average Bonchev–Trinajstić information content (AvgIpc) is 2.53. The molecule has 0 aliphatic rings. The highest BCUT2D eigenvalue weighted by Crippen LogP contribution is 2.21. The normalized spacial score (nSPS) is 14.7. The number of hydrogen-bond donors (Lipinski definition) is 2. The lowest BCUT2D eigenvalue weighted by Gasteiger charge is -2.31. The van der Waals surface area contributed by atoms with Gasteiger partial charge in [0.25, 0.3) is 0 Å². The van der Waals surface area contributed by atoms with Gasteiger partial charge in [0.05, 0.1) is 17.5 Å². The molecular formula is C18H29FN2O4S. The van der Waals surface area contributed by atoms with Crippen molar-refractivity contribution in [1.82, 2.24) is 9.62 Å². The molecule has 0 spiro atoms. The van der Waals surface area contributed by atoms with Crippen molar-refractivity contribution in [3.8, 4) is 0 Å². The van der Waals surface area contributed by atoms with Crippen LogP contribution in [0.2, 0.25) is 0 Å². The maximum Gasteiger partial charge on any atom is 0.243 e. The van der Waals surface area contributed by atoms with Gasteiger partial charge in [-0.15, -0.1) is 0 Å².